The van der Waals surface area contributed by atoms with E-state index in [4.69, 9.17) is 4.74 Å². The van der Waals surface area contributed by atoms with Gasteiger partial charge in [0.1, 0.15) is 5.75 Å². The van der Waals surface area contributed by atoms with Crippen LogP contribution in [0.1, 0.15) is 0 Å². The van der Waals surface area contributed by atoms with E-state index >= 15 is 0 Å². The van der Waals surface area contributed by atoms with Gasteiger partial charge in [-0.05, 0) is 69.5 Å². The molecule has 0 aliphatic heterocycles. The molecule has 0 spiro atoms. The first kappa shape index (κ1) is 18.4. The fraction of sp³-hybridized carbons (Fsp3) is 0.143. The molecular formula is C21H19F3OS. The van der Waals surface area contributed by atoms with Crippen LogP contribution in [-0.2, 0) is 0 Å². The predicted molar refractivity (Wildman–Crippen MR) is 99.2 cm³/mol. The fourth-order valence-corrected chi connectivity index (χ4v) is 5.67. The van der Waals surface area contributed by atoms with Crippen molar-refractivity contribution in [3.05, 3.63) is 84.9 Å². The molecule has 0 saturated carbocycles. The molecule has 0 aromatic heterocycles. The van der Waals surface area contributed by atoms with Gasteiger partial charge in [-0.3, -0.25) is 0 Å². The molecule has 3 aromatic rings. The van der Waals surface area contributed by atoms with Gasteiger partial charge >= 0.3 is 6.18 Å². The van der Waals surface area contributed by atoms with Crippen molar-refractivity contribution < 1.29 is 17.9 Å². The fourth-order valence-electron chi connectivity index (χ4n) is 2.77. The first-order valence-electron chi connectivity index (χ1n) is 8.08. The third-order valence-corrected chi connectivity index (χ3v) is 7.77. The normalized spacial score (nSPS) is 12.6. The van der Waals surface area contributed by atoms with E-state index < -0.39 is 22.8 Å². The van der Waals surface area contributed by atoms with Gasteiger partial charge in [-0.15, -0.1) is 0 Å². The van der Waals surface area contributed by atoms with E-state index in [0.29, 0.717) is 0 Å². The average molecular weight is 376 g/mol. The Balaban J connectivity index is 1.98. The van der Waals surface area contributed by atoms with Crippen molar-refractivity contribution in [2.24, 2.45) is 0 Å². The summed E-state index contributed by atoms with van der Waals surface area (Å²) in [6.45, 7) is -1.28. The van der Waals surface area contributed by atoms with Crippen LogP contribution in [0.25, 0.3) is 0 Å². The van der Waals surface area contributed by atoms with Crippen molar-refractivity contribution in [3.8, 4) is 5.75 Å². The molecule has 1 nitrogen and oxygen atoms in total. The van der Waals surface area contributed by atoms with Crippen LogP contribution in [0.2, 0.25) is 0 Å². The molecule has 0 heterocycles. The van der Waals surface area contributed by atoms with E-state index in [0.717, 1.165) is 4.90 Å². The number of hydrogen-bond acceptors (Lipinski definition) is 1. The van der Waals surface area contributed by atoms with Gasteiger partial charge in [0.05, 0.1) is 0 Å². The third-order valence-electron chi connectivity index (χ3n) is 4.13. The minimum Gasteiger partial charge on any atom is -0.484 e. The number of alkyl halides is 3. The molecule has 0 bridgehead atoms. The highest BCUT2D eigenvalue weighted by atomic mass is 32.3. The second-order valence-electron chi connectivity index (χ2n) is 5.92. The summed E-state index contributed by atoms with van der Waals surface area (Å²) in [4.78, 5) is 3.44. The summed E-state index contributed by atoms with van der Waals surface area (Å²) in [5.74, 6) is 0.217. The van der Waals surface area contributed by atoms with Crippen LogP contribution >= 0.6 is 10.0 Å². The maximum atomic E-state index is 12.3. The van der Waals surface area contributed by atoms with Crippen LogP contribution in [-0.4, -0.2) is 19.0 Å². The standard InChI is InChI=1S/C21H19F3OS/c1-26(18-8-4-2-5-9-18,19-10-6-3-7-11-19)20-14-12-17(13-15-20)25-16-21(22,23)24/h2-15H,16H2,1H3. The summed E-state index contributed by atoms with van der Waals surface area (Å²) in [5, 5.41) is 0. The highest BCUT2D eigenvalue weighted by Gasteiger charge is 2.29. The van der Waals surface area contributed by atoms with Gasteiger partial charge in [0.25, 0.3) is 0 Å². The second kappa shape index (κ2) is 7.46. The molecule has 26 heavy (non-hydrogen) atoms. The maximum absolute atomic E-state index is 12.3. The van der Waals surface area contributed by atoms with Crippen LogP contribution < -0.4 is 4.74 Å². The molecule has 0 aliphatic rings. The zero-order valence-electron chi connectivity index (χ0n) is 14.2. The number of ether oxygens (including phenoxy) is 1. The molecule has 3 aromatic carbocycles. The van der Waals surface area contributed by atoms with Gasteiger partial charge in [0.15, 0.2) is 6.61 Å². The summed E-state index contributed by atoms with van der Waals surface area (Å²) in [7, 11) is -1.51. The van der Waals surface area contributed by atoms with E-state index in [1.54, 1.807) is 12.1 Å². The quantitative estimate of drug-likeness (QED) is 0.491. The van der Waals surface area contributed by atoms with Crippen LogP contribution in [0.3, 0.4) is 0 Å². The second-order valence-corrected chi connectivity index (χ2v) is 9.17. The van der Waals surface area contributed by atoms with E-state index in [2.05, 4.69) is 30.5 Å². The number of benzene rings is 3. The van der Waals surface area contributed by atoms with Gasteiger partial charge in [-0.1, -0.05) is 36.4 Å². The summed E-state index contributed by atoms with van der Waals surface area (Å²) in [6, 6.07) is 27.3. The first-order valence-corrected chi connectivity index (χ1v) is 10.1. The largest absolute Gasteiger partial charge is 0.484 e. The molecule has 0 saturated heterocycles. The Bertz CT molecular complexity index is 791. The lowest BCUT2D eigenvalue weighted by Gasteiger charge is -2.37. The SMILES string of the molecule is CS(c1ccccc1)(c1ccccc1)c1ccc(OCC(F)(F)F)cc1. The first-order chi connectivity index (χ1) is 12.4. The van der Waals surface area contributed by atoms with Gasteiger partial charge in [0, 0.05) is 0 Å². The molecule has 0 aliphatic carbocycles. The number of halogens is 3. The van der Waals surface area contributed by atoms with Gasteiger partial charge in [-0.25, -0.2) is 0 Å². The topological polar surface area (TPSA) is 9.23 Å². The zero-order valence-corrected chi connectivity index (χ0v) is 15.1. The minimum atomic E-state index is -4.34. The lowest BCUT2D eigenvalue weighted by Crippen LogP contribution is -2.19. The van der Waals surface area contributed by atoms with Crippen molar-refractivity contribution in [2.75, 3.05) is 12.9 Å². The van der Waals surface area contributed by atoms with Crippen LogP contribution in [0.15, 0.2) is 99.6 Å². The highest BCUT2D eigenvalue weighted by molar-refractivity contribution is 8.33. The Morgan fingerprint density at radius 2 is 1.12 bits per heavy atom. The molecule has 5 heteroatoms. The summed E-state index contributed by atoms with van der Waals surface area (Å²) in [6.07, 6.45) is -2.14. The maximum Gasteiger partial charge on any atom is 0.422 e. The van der Waals surface area contributed by atoms with Crippen LogP contribution in [0.5, 0.6) is 5.75 Å². The Hall–Kier alpha value is -2.40. The lowest BCUT2D eigenvalue weighted by atomic mass is 10.3. The smallest absolute Gasteiger partial charge is 0.422 e. The third kappa shape index (κ3) is 4.05. The lowest BCUT2D eigenvalue weighted by molar-refractivity contribution is -0.153. The minimum absolute atomic E-state index is 0.217. The van der Waals surface area contributed by atoms with Crippen molar-refractivity contribution in [3.63, 3.8) is 0 Å². The molecule has 0 atom stereocenters. The Kier molecular flexibility index (Phi) is 5.28. The van der Waals surface area contributed by atoms with Crippen molar-refractivity contribution in [1.29, 1.82) is 0 Å². The molecule has 136 valence electrons. The average Bonchev–Trinajstić information content (AvgIpc) is 2.67. The molecule has 0 N–H and O–H groups in total. The van der Waals surface area contributed by atoms with E-state index in [-0.39, 0.29) is 5.75 Å². The Labute approximate surface area is 152 Å². The van der Waals surface area contributed by atoms with E-state index in [9.17, 15) is 13.2 Å². The van der Waals surface area contributed by atoms with Crippen molar-refractivity contribution >= 4 is 10.0 Å². The summed E-state index contributed by atoms with van der Waals surface area (Å²) in [5.41, 5.74) is 0. The van der Waals surface area contributed by atoms with Gasteiger partial charge in [-0.2, -0.15) is 23.2 Å². The van der Waals surface area contributed by atoms with E-state index in [1.807, 2.05) is 48.5 Å². The monoisotopic (exact) mass is 376 g/mol. The van der Waals surface area contributed by atoms with E-state index in [1.165, 1.54) is 9.79 Å². The van der Waals surface area contributed by atoms with Gasteiger partial charge < -0.3 is 4.74 Å². The number of rotatable bonds is 5. The molecular weight excluding hydrogens is 357 g/mol. The van der Waals surface area contributed by atoms with Crippen LogP contribution in [0.4, 0.5) is 13.2 Å². The summed E-state index contributed by atoms with van der Waals surface area (Å²) < 4.78 is 41.8. The van der Waals surface area contributed by atoms with Gasteiger partial charge in [0.2, 0.25) is 0 Å². The molecule has 0 unspecified atom stereocenters. The predicted octanol–water partition coefficient (Wildman–Crippen LogP) is 6.54. The van der Waals surface area contributed by atoms with Crippen LogP contribution in [0, 0.1) is 0 Å². The zero-order chi connectivity index (χ0) is 18.6. The van der Waals surface area contributed by atoms with Crippen molar-refractivity contribution in [2.45, 2.75) is 20.9 Å². The number of hydrogen-bond donors (Lipinski definition) is 0. The Morgan fingerprint density at radius 1 is 0.692 bits per heavy atom. The molecule has 0 radical (unpaired) electrons. The molecule has 0 amide bonds. The highest BCUT2D eigenvalue weighted by Crippen LogP contribution is 2.65. The molecule has 3 rings (SSSR count). The van der Waals surface area contributed by atoms with Crippen molar-refractivity contribution in [1.82, 2.24) is 0 Å². The Morgan fingerprint density at radius 3 is 1.54 bits per heavy atom. The summed E-state index contributed by atoms with van der Waals surface area (Å²) >= 11 is 0. The molecule has 0 fully saturated rings.